The highest BCUT2D eigenvalue weighted by Gasteiger charge is 2.30. The number of carbonyl (C=O) groups excluding carboxylic acids is 2. The molecule has 2 saturated heterocycles. The van der Waals surface area contributed by atoms with Crippen molar-refractivity contribution in [1.29, 1.82) is 0 Å². The zero-order valence-electron chi connectivity index (χ0n) is 14.4. The summed E-state index contributed by atoms with van der Waals surface area (Å²) in [6, 6.07) is 3.73. The highest BCUT2D eigenvalue weighted by Crippen LogP contribution is 2.22. The predicted molar refractivity (Wildman–Crippen MR) is 92.2 cm³/mol. The molecule has 0 N–H and O–H groups in total. The molecule has 2 fully saturated rings. The average molecular weight is 330 g/mol. The van der Waals surface area contributed by atoms with Gasteiger partial charge < -0.3 is 14.2 Å². The van der Waals surface area contributed by atoms with Gasteiger partial charge in [-0.2, -0.15) is 0 Å². The second-order valence-electron chi connectivity index (χ2n) is 6.77. The van der Waals surface area contributed by atoms with Crippen molar-refractivity contribution < 1.29 is 14.0 Å². The lowest BCUT2D eigenvalue weighted by atomic mass is 9.94. The van der Waals surface area contributed by atoms with Gasteiger partial charge in [0.1, 0.15) is 11.5 Å². The van der Waals surface area contributed by atoms with Crippen LogP contribution in [0.15, 0.2) is 22.6 Å². The minimum atomic E-state index is -0.00655. The summed E-state index contributed by atoms with van der Waals surface area (Å²) >= 11 is 0. The van der Waals surface area contributed by atoms with E-state index >= 15 is 0 Å². The molecule has 5 heteroatoms. The second kappa shape index (κ2) is 7.69. The number of carbonyl (C=O) groups is 2. The summed E-state index contributed by atoms with van der Waals surface area (Å²) in [7, 11) is 0. The van der Waals surface area contributed by atoms with Gasteiger partial charge in [0.2, 0.25) is 11.8 Å². The Morgan fingerprint density at radius 3 is 2.38 bits per heavy atom. The normalized spacial score (nSPS) is 19.9. The Balaban J connectivity index is 1.48. The van der Waals surface area contributed by atoms with E-state index in [1.54, 1.807) is 12.2 Å². The molecule has 0 aromatic carbocycles. The molecular formula is C19H26N2O3. The van der Waals surface area contributed by atoms with Crippen molar-refractivity contribution in [2.75, 3.05) is 26.2 Å². The predicted octanol–water partition coefficient (Wildman–Crippen LogP) is 2.85. The number of piperidine rings is 2. The van der Waals surface area contributed by atoms with Crippen LogP contribution < -0.4 is 0 Å². The quantitative estimate of drug-likeness (QED) is 0.801. The molecule has 3 heterocycles. The molecule has 2 aliphatic heterocycles. The minimum absolute atomic E-state index is 0.00655. The summed E-state index contributed by atoms with van der Waals surface area (Å²) in [5.41, 5.74) is 0. The average Bonchev–Trinajstić information content (AvgIpc) is 3.05. The van der Waals surface area contributed by atoms with Gasteiger partial charge in [-0.1, -0.05) is 0 Å². The third-order valence-corrected chi connectivity index (χ3v) is 4.97. The summed E-state index contributed by atoms with van der Waals surface area (Å²) in [6.07, 6.45) is 8.30. The highest BCUT2D eigenvalue weighted by atomic mass is 16.3. The van der Waals surface area contributed by atoms with E-state index in [2.05, 4.69) is 0 Å². The van der Waals surface area contributed by atoms with Crippen molar-refractivity contribution in [3.8, 4) is 0 Å². The molecular weight excluding hydrogens is 304 g/mol. The zero-order valence-corrected chi connectivity index (χ0v) is 14.4. The Morgan fingerprint density at radius 1 is 1.04 bits per heavy atom. The molecule has 0 unspecified atom stereocenters. The molecule has 2 amide bonds. The summed E-state index contributed by atoms with van der Waals surface area (Å²) in [4.78, 5) is 28.6. The molecule has 130 valence electrons. The zero-order chi connectivity index (χ0) is 16.9. The van der Waals surface area contributed by atoms with Gasteiger partial charge in [-0.3, -0.25) is 9.59 Å². The van der Waals surface area contributed by atoms with Crippen molar-refractivity contribution in [2.24, 2.45) is 5.92 Å². The highest BCUT2D eigenvalue weighted by molar-refractivity contribution is 5.91. The van der Waals surface area contributed by atoms with Gasteiger partial charge in [0.05, 0.1) is 0 Å². The van der Waals surface area contributed by atoms with E-state index < -0.39 is 0 Å². The Bertz CT molecular complexity index is 606. The van der Waals surface area contributed by atoms with Gasteiger partial charge in [0, 0.05) is 38.2 Å². The Labute approximate surface area is 143 Å². The molecule has 3 rings (SSSR count). The smallest absolute Gasteiger partial charge is 0.246 e. The molecule has 1 aromatic heterocycles. The number of nitrogens with zero attached hydrogens (tertiary/aromatic N) is 2. The van der Waals surface area contributed by atoms with Gasteiger partial charge in [-0.05, 0) is 57.2 Å². The lowest BCUT2D eigenvalue weighted by molar-refractivity contribution is -0.140. The monoisotopic (exact) mass is 330 g/mol. The van der Waals surface area contributed by atoms with Gasteiger partial charge in [-0.25, -0.2) is 0 Å². The van der Waals surface area contributed by atoms with E-state index in [-0.39, 0.29) is 11.8 Å². The van der Waals surface area contributed by atoms with E-state index in [4.69, 9.17) is 4.42 Å². The summed E-state index contributed by atoms with van der Waals surface area (Å²) in [5, 5.41) is 0. The summed E-state index contributed by atoms with van der Waals surface area (Å²) in [6.45, 7) is 5.01. The Kier molecular flexibility index (Phi) is 5.38. The molecule has 0 bridgehead atoms. The summed E-state index contributed by atoms with van der Waals surface area (Å²) < 4.78 is 5.43. The van der Waals surface area contributed by atoms with Crippen molar-refractivity contribution in [3.05, 3.63) is 29.7 Å². The topological polar surface area (TPSA) is 53.8 Å². The van der Waals surface area contributed by atoms with Crippen LogP contribution in [-0.4, -0.2) is 47.8 Å². The van der Waals surface area contributed by atoms with Gasteiger partial charge >= 0.3 is 0 Å². The molecule has 0 aliphatic carbocycles. The first-order valence-electron chi connectivity index (χ1n) is 8.96. The molecule has 5 nitrogen and oxygen atoms in total. The van der Waals surface area contributed by atoms with Crippen LogP contribution in [0.4, 0.5) is 0 Å². The van der Waals surface area contributed by atoms with Crippen LogP contribution in [0.25, 0.3) is 6.08 Å². The largest absolute Gasteiger partial charge is 0.462 e. The maximum atomic E-state index is 12.5. The van der Waals surface area contributed by atoms with Crippen LogP contribution in [0.3, 0.4) is 0 Å². The number of hydrogen-bond acceptors (Lipinski definition) is 3. The first kappa shape index (κ1) is 16.8. The van der Waals surface area contributed by atoms with Gasteiger partial charge in [0.25, 0.3) is 0 Å². The van der Waals surface area contributed by atoms with E-state index in [1.165, 1.54) is 6.42 Å². The lowest BCUT2D eigenvalue weighted by Crippen LogP contribution is -2.45. The van der Waals surface area contributed by atoms with Crippen LogP contribution in [0, 0.1) is 12.8 Å². The third kappa shape index (κ3) is 4.08. The Morgan fingerprint density at radius 2 is 1.75 bits per heavy atom. The number of amides is 2. The number of likely N-dealkylation sites (tertiary alicyclic amines) is 2. The number of furan rings is 1. The maximum Gasteiger partial charge on any atom is 0.246 e. The van der Waals surface area contributed by atoms with Crippen molar-refractivity contribution in [1.82, 2.24) is 9.80 Å². The molecule has 24 heavy (non-hydrogen) atoms. The molecule has 1 aromatic rings. The van der Waals surface area contributed by atoms with E-state index in [0.29, 0.717) is 24.8 Å². The molecule has 0 spiro atoms. The number of hydrogen-bond donors (Lipinski definition) is 0. The minimum Gasteiger partial charge on any atom is -0.462 e. The molecule has 2 aliphatic rings. The van der Waals surface area contributed by atoms with Crippen molar-refractivity contribution >= 4 is 17.9 Å². The van der Waals surface area contributed by atoms with E-state index in [0.717, 1.165) is 44.5 Å². The van der Waals surface area contributed by atoms with Gasteiger partial charge in [0.15, 0.2) is 0 Å². The van der Waals surface area contributed by atoms with Crippen LogP contribution in [0.1, 0.15) is 43.6 Å². The Hall–Kier alpha value is -2.04. The fourth-order valence-electron chi connectivity index (χ4n) is 3.52. The fourth-order valence-corrected chi connectivity index (χ4v) is 3.52. The lowest BCUT2D eigenvalue weighted by Gasteiger charge is -2.35. The van der Waals surface area contributed by atoms with Crippen molar-refractivity contribution in [2.45, 2.75) is 39.0 Å². The van der Waals surface area contributed by atoms with Crippen LogP contribution >= 0.6 is 0 Å². The summed E-state index contributed by atoms with van der Waals surface area (Å²) in [5.74, 6) is 1.90. The van der Waals surface area contributed by atoms with E-state index in [9.17, 15) is 9.59 Å². The second-order valence-corrected chi connectivity index (χ2v) is 6.77. The van der Waals surface area contributed by atoms with Gasteiger partial charge in [-0.15, -0.1) is 0 Å². The third-order valence-electron chi connectivity index (χ3n) is 4.97. The van der Waals surface area contributed by atoms with Crippen LogP contribution in [-0.2, 0) is 9.59 Å². The standard InChI is InChI=1S/C19H26N2O3/c1-15-5-6-17(24-15)7-8-18(22)20-13-9-16(10-14-20)19(23)21-11-3-2-4-12-21/h5-8,16H,2-4,9-14H2,1H3/b8-7+. The maximum absolute atomic E-state index is 12.5. The van der Waals surface area contributed by atoms with E-state index in [1.807, 2.05) is 28.9 Å². The molecule has 0 radical (unpaired) electrons. The number of rotatable bonds is 3. The number of aryl methyl sites for hydroxylation is 1. The molecule has 0 saturated carbocycles. The fraction of sp³-hybridized carbons (Fsp3) is 0.579. The van der Waals surface area contributed by atoms with Crippen molar-refractivity contribution in [3.63, 3.8) is 0 Å². The van der Waals surface area contributed by atoms with Crippen LogP contribution in [0.2, 0.25) is 0 Å². The first-order valence-corrected chi connectivity index (χ1v) is 8.96. The van der Waals surface area contributed by atoms with Crippen LogP contribution in [0.5, 0.6) is 0 Å². The first-order chi connectivity index (χ1) is 11.6. The SMILES string of the molecule is Cc1ccc(/C=C/C(=O)N2CCC(C(=O)N3CCCCC3)CC2)o1. The molecule has 0 atom stereocenters.